The molecule has 0 aromatic carbocycles. The Balaban J connectivity index is 2.02. The van der Waals surface area contributed by atoms with Crippen LogP contribution in [0.2, 0.25) is 0 Å². The number of ether oxygens (including phenoxy) is 1. The first-order chi connectivity index (χ1) is 9.73. The number of halogens is 1. The molecule has 0 N–H and O–H groups in total. The molecule has 5 heteroatoms. The molecule has 0 radical (unpaired) electrons. The number of amides is 1. The number of nitrogens with zero attached hydrogens (tertiary/aromatic N) is 2. The van der Waals surface area contributed by atoms with Crippen LogP contribution in [0, 0.1) is 0 Å². The molecule has 0 atom stereocenters. The maximum Gasteiger partial charge on any atom is 0.416 e. The Kier molecular flexibility index (Phi) is 2.87. The van der Waals surface area contributed by atoms with E-state index in [-0.39, 0.29) is 6.04 Å². The van der Waals surface area contributed by atoms with Gasteiger partial charge in [0, 0.05) is 24.4 Å². The molecule has 1 saturated carbocycles. The summed E-state index contributed by atoms with van der Waals surface area (Å²) in [5.41, 5.74) is -0.861. The molecule has 4 nitrogen and oxygen atoms in total. The molecule has 2 aliphatic heterocycles. The number of carbonyl (C=O) groups excluding carboxylic acids is 1. The van der Waals surface area contributed by atoms with E-state index in [2.05, 4.69) is 11.6 Å². The van der Waals surface area contributed by atoms with E-state index in [4.69, 9.17) is 4.74 Å². The number of hydrogen-bond acceptors (Lipinski definition) is 3. The van der Waals surface area contributed by atoms with Gasteiger partial charge in [-0.2, -0.15) is 0 Å². The first-order valence-electron chi connectivity index (χ1n) is 7.09. The van der Waals surface area contributed by atoms with Crippen LogP contribution in [0.4, 0.5) is 15.0 Å². The average molecular weight is 290 g/mol. The van der Waals surface area contributed by atoms with Gasteiger partial charge in [-0.05, 0) is 39.0 Å². The molecule has 1 fully saturated rings. The number of alkyl halides is 1. The molecule has 0 spiro atoms. The molecule has 4 rings (SSSR count). The highest BCUT2D eigenvalue weighted by Crippen LogP contribution is 2.55. The zero-order chi connectivity index (χ0) is 15.4. The second-order valence-electron chi connectivity index (χ2n) is 6.69. The van der Waals surface area contributed by atoms with E-state index in [1.807, 2.05) is 20.8 Å². The summed E-state index contributed by atoms with van der Waals surface area (Å²) in [4.78, 5) is 18.3. The minimum absolute atomic E-state index is 0.176. The minimum atomic E-state index is -1.36. The maximum atomic E-state index is 14.7. The summed E-state index contributed by atoms with van der Waals surface area (Å²) in [5.74, 6) is 0.367. The average Bonchev–Trinajstić information content (AvgIpc) is 2.34. The third-order valence-electron chi connectivity index (χ3n) is 3.89. The molecule has 21 heavy (non-hydrogen) atoms. The van der Waals surface area contributed by atoms with Gasteiger partial charge in [0.05, 0.1) is 5.69 Å². The van der Waals surface area contributed by atoms with Gasteiger partial charge in [-0.25, -0.2) is 14.2 Å². The van der Waals surface area contributed by atoms with E-state index in [9.17, 15) is 9.18 Å². The van der Waals surface area contributed by atoms with Gasteiger partial charge < -0.3 is 4.74 Å². The van der Waals surface area contributed by atoms with E-state index in [1.54, 1.807) is 18.2 Å². The zero-order valence-electron chi connectivity index (χ0n) is 12.5. The lowest BCUT2D eigenvalue weighted by Crippen LogP contribution is -2.59. The van der Waals surface area contributed by atoms with Gasteiger partial charge in [-0.3, -0.25) is 4.90 Å². The molecule has 1 aromatic rings. The van der Waals surface area contributed by atoms with Gasteiger partial charge >= 0.3 is 6.09 Å². The third kappa shape index (κ3) is 2.20. The lowest BCUT2D eigenvalue weighted by Gasteiger charge is -2.52. The summed E-state index contributed by atoms with van der Waals surface area (Å²) in [6, 6.07) is 3.25. The Morgan fingerprint density at radius 1 is 1.52 bits per heavy atom. The molecule has 0 saturated heterocycles. The lowest BCUT2D eigenvalue weighted by atomic mass is 9.69. The summed E-state index contributed by atoms with van der Waals surface area (Å²) in [7, 11) is 0. The van der Waals surface area contributed by atoms with Crippen molar-refractivity contribution in [3.05, 3.63) is 30.0 Å². The Morgan fingerprint density at radius 2 is 2.19 bits per heavy atom. The van der Waals surface area contributed by atoms with E-state index in [0.29, 0.717) is 29.9 Å². The Labute approximate surface area is 123 Å². The van der Waals surface area contributed by atoms with Crippen molar-refractivity contribution in [1.82, 2.24) is 4.98 Å². The van der Waals surface area contributed by atoms with E-state index in [0.717, 1.165) is 0 Å². The van der Waals surface area contributed by atoms with Crippen molar-refractivity contribution in [3.8, 4) is 0 Å². The molecule has 2 bridgehead atoms. The fraction of sp³-hybridized carbons (Fsp3) is 0.500. The topological polar surface area (TPSA) is 42.4 Å². The van der Waals surface area contributed by atoms with E-state index < -0.39 is 17.4 Å². The highest BCUT2D eigenvalue weighted by Gasteiger charge is 2.57. The van der Waals surface area contributed by atoms with Crippen LogP contribution in [0.25, 0.3) is 6.08 Å². The van der Waals surface area contributed by atoms with Crippen molar-refractivity contribution < 1.29 is 13.9 Å². The highest BCUT2D eigenvalue weighted by atomic mass is 19.1. The second kappa shape index (κ2) is 4.29. The predicted molar refractivity (Wildman–Crippen MR) is 78.8 cm³/mol. The fourth-order valence-electron chi connectivity index (χ4n) is 2.92. The quantitative estimate of drug-likeness (QED) is 0.790. The van der Waals surface area contributed by atoms with Crippen LogP contribution < -0.4 is 4.90 Å². The maximum absolute atomic E-state index is 14.7. The molecule has 3 aliphatic rings. The third-order valence-corrected chi connectivity index (χ3v) is 3.89. The van der Waals surface area contributed by atoms with Gasteiger partial charge in [0.25, 0.3) is 0 Å². The summed E-state index contributed by atoms with van der Waals surface area (Å²) in [5, 5.41) is 0. The number of carbonyl (C=O) groups is 1. The fourth-order valence-corrected chi connectivity index (χ4v) is 2.92. The molecule has 1 aromatic heterocycles. The summed E-state index contributed by atoms with van der Waals surface area (Å²) >= 11 is 0. The van der Waals surface area contributed by atoms with Crippen molar-refractivity contribution in [2.45, 2.75) is 50.9 Å². The molecule has 1 aliphatic carbocycles. The summed E-state index contributed by atoms with van der Waals surface area (Å²) in [6.07, 6.45) is 1.74. The van der Waals surface area contributed by atoms with Crippen LogP contribution in [0.5, 0.6) is 0 Å². The largest absolute Gasteiger partial charge is 0.443 e. The minimum Gasteiger partial charge on any atom is -0.443 e. The smallest absolute Gasteiger partial charge is 0.416 e. The Bertz CT molecular complexity index is 615. The molecule has 3 heterocycles. The second-order valence-corrected chi connectivity index (χ2v) is 6.69. The van der Waals surface area contributed by atoms with Crippen LogP contribution >= 0.6 is 0 Å². The molecule has 112 valence electrons. The van der Waals surface area contributed by atoms with Crippen LogP contribution in [-0.2, 0) is 10.4 Å². The van der Waals surface area contributed by atoms with Crippen molar-refractivity contribution in [1.29, 1.82) is 0 Å². The van der Waals surface area contributed by atoms with E-state index >= 15 is 0 Å². The SMILES string of the molecule is C=Cc1ccc2c(n1)N(C(=O)OC(C)(C)C)C1CC2(F)C1. The number of aromatic nitrogens is 1. The predicted octanol–water partition coefficient (Wildman–Crippen LogP) is 3.81. The molecule has 0 unspecified atom stereocenters. The van der Waals surface area contributed by atoms with Crippen LogP contribution in [0.1, 0.15) is 44.9 Å². The first kappa shape index (κ1) is 14.0. The van der Waals surface area contributed by atoms with Crippen molar-refractivity contribution in [2.75, 3.05) is 4.90 Å². The van der Waals surface area contributed by atoms with E-state index in [1.165, 1.54) is 4.90 Å². The van der Waals surface area contributed by atoms with Crippen molar-refractivity contribution >= 4 is 18.0 Å². The highest BCUT2D eigenvalue weighted by molar-refractivity contribution is 5.90. The number of hydrogen-bond donors (Lipinski definition) is 0. The standard InChI is InChI=1S/C16H19FN2O2/c1-5-10-6-7-12-13(18-10)19(11-8-16(12,17)9-11)14(20)21-15(2,3)4/h5-7,11H,1,8-9H2,2-4H3. The number of rotatable bonds is 1. The lowest BCUT2D eigenvalue weighted by molar-refractivity contribution is 0.0120. The molecule has 1 amide bonds. The van der Waals surface area contributed by atoms with Crippen molar-refractivity contribution in [2.24, 2.45) is 0 Å². The van der Waals surface area contributed by atoms with Gasteiger partial charge in [0.15, 0.2) is 0 Å². The Hall–Kier alpha value is -1.91. The molecular weight excluding hydrogens is 271 g/mol. The van der Waals surface area contributed by atoms with Crippen LogP contribution in [0.15, 0.2) is 18.7 Å². The van der Waals surface area contributed by atoms with Gasteiger partial charge in [0.2, 0.25) is 0 Å². The first-order valence-corrected chi connectivity index (χ1v) is 7.09. The van der Waals surface area contributed by atoms with Crippen LogP contribution in [-0.4, -0.2) is 22.7 Å². The number of anilines is 1. The summed E-state index contributed by atoms with van der Waals surface area (Å²) < 4.78 is 20.1. The van der Waals surface area contributed by atoms with Gasteiger partial charge in [0.1, 0.15) is 17.1 Å². The monoisotopic (exact) mass is 290 g/mol. The summed E-state index contributed by atoms with van der Waals surface area (Å²) in [6.45, 7) is 9.09. The zero-order valence-corrected chi connectivity index (χ0v) is 12.5. The van der Waals surface area contributed by atoms with Crippen LogP contribution in [0.3, 0.4) is 0 Å². The Morgan fingerprint density at radius 3 is 2.76 bits per heavy atom. The normalized spacial score (nSPS) is 26.7. The van der Waals surface area contributed by atoms with Gasteiger partial charge in [-0.15, -0.1) is 0 Å². The molecular formula is C16H19FN2O2. The van der Waals surface area contributed by atoms with Crippen molar-refractivity contribution in [3.63, 3.8) is 0 Å². The number of pyridine rings is 1. The van der Waals surface area contributed by atoms with Gasteiger partial charge in [-0.1, -0.05) is 6.58 Å².